The lowest BCUT2D eigenvalue weighted by Gasteiger charge is -2.20. The fourth-order valence-corrected chi connectivity index (χ4v) is 3.49. The highest BCUT2D eigenvalue weighted by molar-refractivity contribution is 8.00. The fraction of sp³-hybridized carbons (Fsp3) is 0.500. The van der Waals surface area contributed by atoms with E-state index in [4.69, 9.17) is 11.6 Å². The zero-order valence-corrected chi connectivity index (χ0v) is 11.4. The number of carbonyl (C=O) groups is 1. The summed E-state index contributed by atoms with van der Waals surface area (Å²) >= 11 is 7.62. The van der Waals surface area contributed by atoms with E-state index in [0.29, 0.717) is 16.0 Å². The smallest absolute Gasteiger partial charge is 0.172 e. The number of hydrogen-bond acceptors (Lipinski definition) is 2. The predicted octanol–water partition coefficient (Wildman–Crippen LogP) is 4.59. The van der Waals surface area contributed by atoms with Crippen molar-refractivity contribution in [3.8, 4) is 0 Å². The van der Waals surface area contributed by atoms with Crippen LogP contribution in [0.2, 0.25) is 5.02 Å². The van der Waals surface area contributed by atoms with Gasteiger partial charge in [-0.1, -0.05) is 30.9 Å². The summed E-state index contributed by atoms with van der Waals surface area (Å²) in [5.41, 5.74) is 0.776. The SMILES string of the molecule is O=C(CSC1CCCCC1)c1ccc(Cl)cc1. The first-order valence-corrected chi connectivity index (χ1v) is 7.59. The molecule has 2 rings (SSSR count). The standard InChI is InChI=1S/C14H17ClOS/c15-12-8-6-11(7-9-12)14(16)10-17-13-4-2-1-3-5-13/h6-9,13H,1-5,10H2. The summed E-state index contributed by atoms with van der Waals surface area (Å²) in [5.74, 6) is 0.823. The van der Waals surface area contributed by atoms with Gasteiger partial charge in [0.05, 0.1) is 5.75 Å². The van der Waals surface area contributed by atoms with Crippen LogP contribution in [0.15, 0.2) is 24.3 Å². The summed E-state index contributed by atoms with van der Waals surface area (Å²) in [7, 11) is 0. The molecule has 3 heteroatoms. The molecule has 0 aliphatic heterocycles. The van der Waals surface area contributed by atoms with Gasteiger partial charge >= 0.3 is 0 Å². The number of benzene rings is 1. The van der Waals surface area contributed by atoms with Crippen molar-refractivity contribution in [2.24, 2.45) is 0 Å². The van der Waals surface area contributed by atoms with E-state index in [-0.39, 0.29) is 5.78 Å². The van der Waals surface area contributed by atoms with E-state index in [9.17, 15) is 4.79 Å². The van der Waals surface area contributed by atoms with Crippen LogP contribution in [0.3, 0.4) is 0 Å². The van der Waals surface area contributed by atoms with Gasteiger partial charge in [-0.05, 0) is 37.1 Å². The molecule has 1 aliphatic carbocycles. The Balaban J connectivity index is 1.82. The van der Waals surface area contributed by atoms with E-state index in [1.807, 2.05) is 23.9 Å². The molecule has 0 saturated heterocycles. The predicted molar refractivity (Wildman–Crippen MR) is 75.1 cm³/mol. The molecule has 1 fully saturated rings. The van der Waals surface area contributed by atoms with Gasteiger partial charge in [-0.2, -0.15) is 11.8 Å². The van der Waals surface area contributed by atoms with E-state index in [0.717, 1.165) is 5.56 Å². The van der Waals surface area contributed by atoms with Gasteiger partial charge < -0.3 is 0 Å². The molecule has 0 amide bonds. The Hall–Kier alpha value is -0.470. The first-order valence-electron chi connectivity index (χ1n) is 6.16. The molecule has 1 nitrogen and oxygen atoms in total. The summed E-state index contributed by atoms with van der Waals surface area (Å²) in [4.78, 5) is 11.9. The molecule has 1 saturated carbocycles. The van der Waals surface area contributed by atoms with Gasteiger partial charge in [0.15, 0.2) is 5.78 Å². The van der Waals surface area contributed by atoms with E-state index < -0.39 is 0 Å². The number of carbonyl (C=O) groups excluding carboxylic acids is 1. The fourth-order valence-electron chi connectivity index (χ4n) is 2.14. The number of rotatable bonds is 4. The van der Waals surface area contributed by atoms with Gasteiger partial charge in [-0.25, -0.2) is 0 Å². The van der Waals surface area contributed by atoms with Crippen LogP contribution in [-0.4, -0.2) is 16.8 Å². The Labute approximate surface area is 112 Å². The van der Waals surface area contributed by atoms with Crippen molar-refractivity contribution >= 4 is 29.1 Å². The number of ketones is 1. The highest BCUT2D eigenvalue weighted by Gasteiger charge is 2.15. The summed E-state index contributed by atoms with van der Waals surface area (Å²) in [5, 5.41) is 1.38. The molecule has 0 unspecified atom stereocenters. The van der Waals surface area contributed by atoms with Crippen molar-refractivity contribution < 1.29 is 4.79 Å². The topological polar surface area (TPSA) is 17.1 Å². The Morgan fingerprint density at radius 2 is 1.82 bits per heavy atom. The lowest BCUT2D eigenvalue weighted by atomic mass is 10.0. The second-order valence-corrected chi connectivity index (χ2v) is 6.23. The van der Waals surface area contributed by atoms with Gasteiger partial charge in [0.1, 0.15) is 0 Å². The van der Waals surface area contributed by atoms with Crippen LogP contribution in [0.1, 0.15) is 42.5 Å². The second kappa shape index (κ2) is 6.46. The minimum atomic E-state index is 0.220. The van der Waals surface area contributed by atoms with Crippen LogP contribution < -0.4 is 0 Å². The van der Waals surface area contributed by atoms with E-state index >= 15 is 0 Å². The van der Waals surface area contributed by atoms with Gasteiger partial charge in [0.2, 0.25) is 0 Å². The second-order valence-electron chi connectivity index (χ2n) is 4.50. The van der Waals surface area contributed by atoms with Gasteiger partial charge in [0.25, 0.3) is 0 Å². The molecule has 1 aromatic carbocycles. The molecule has 0 bridgehead atoms. The third kappa shape index (κ3) is 4.04. The number of halogens is 1. The highest BCUT2D eigenvalue weighted by atomic mass is 35.5. The Kier molecular flexibility index (Phi) is 4.93. The average Bonchev–Trinajstić information content (AvgIpc) is 2.38. The van der Waals surface area contributed by atoms with Gasteiger partial charge in [-0.3, -0.25) is 4.79 Å². The first-order chi connectivity index (χ1) is 8.25. The molecule has 0 radical (unpaired) electrons. The molecule has 0 heterocycles. The molecule has 17 heavy (non-hydrogen) atoms. The molecule has 0 spiro atoms. The van der Waals surface area contributed by atoms with Crippen molar-refractivity contribution in [3.05, 3.63) is 34.9 Å². The summed E-state index contributed by atoms with van der Waals surface area (Å²) in [6, 6.07) is 7.18. The highest BCUT2D eigenvalue weighted by Crippen LogP contribution is 2.28. The van der Waals surface area contributed by atoms with Crippen molar-refractivity contribution in [2.75, 3.05) is 5.75 Å². The van der Waals surface area contributed by atoms with Crippen LogP contribution >= 0.6 is 23.4 Å². The van der Waals surface area contributed by atoms with Crippen LogP contribution in [0, 0.1) is 0 Å². The lowest BCUT2D eigenvalue weighted by molar-refractivity contribution is 0.102. The Morgan fingerprint density at radius 3 is 2.47 bits per heavy atom. The first kappa shape index (κ1) is 13.0. The largest absolute Gasteiger partial charge is 0.293 e. The van der Waals surface area contributed by atoms with Crippen molar-refractivity contribution in [3.63, 3.8) is 0 Å². The van der Waals surface area contributed by atoms with Crippen LogP contribution in [0.4, 0.5) is 0 Å². The monoisotopic (exact) mass is 268 g/mol. The summed E-state index contributed by atoms with van der Waals surface area (Å²) in [6.07, 6.45) is 6.57. The number of Topliss-reactive ketones (excluding diaryl/α,β-unsaturated/α-hetero) is 1. The molecule has 1 aliphatic rings. The third-order valence-electron chi connectivity index (χ3n) is 3.17. The maximum absolute atomic E-state index is 11.9. The molecule has 1 aromatic rings. The van der Waals surface area contributed by atoms with Crippen LogP contribution in [0.5, 0.6) is 0 Å². The minimum absolute atomic E-state index is 0.220. The molecular formula is C14H17ClOS. The average molecular weight is 269 g/mol. The molecule has 92 valence electrons. The summed E-state index contributed by atoms with van der Waals surface area (Å²) in [6.45, 7) is 0. The molecule has 0 aromatic heterocycles. The zero-order valence-electron chi connectivity index (χ0n) is 9.82. The van der Waals surface area contributed by atoms with E-state index in [2.05, 4.69) is 0 Å². The lowest BCUT2D eigenvalue weighted by Crippen LogP contribution is -2.12. The normalized spacial score (nSPS) is 17.0. The van der Waals surface area contributed by atoms with Crippen molar-refractivity contribution in [1.82, 2.24) is 0 Å². The van der Waals surface area contributed by atoms with Crippen molar-refractivity contribution in [1.29, 1.82) is 0 Å². The third-order valence-corrected chi connectivity index (χ3v) is 4.79. The number of hydrogen-bond donors (Lipinski definition) is 0. The van der Waals surface area contributed by atoms with Crippen molar-refractivity contribution in [2.45, 2.75) is 37.4 Å². The molecular weight excluding hydrogens is 252 g/mol. The molecule has 0 N–H and O–H groups in total. The van der Waals surface area contributed by atoms with Crippen LogP contribution in [-0.2, 0) is 0 Å². The summed E-state index contributed by atoms with van der Waals surface area (Å²) < 4.78 is 0. The maximum atomic E-state index is 11.9. The minimum Gasteiger partial charge on any atom is -0.293 e. The van der Waals surface area contributed by atoms with Gasteiger partial charge in [0, 0.05) is 15.8 Å². The quantitative estimate of drug-likeness (QED) is 0.743. The maximum Gasteiger partial charge on any atom is 0.172 e. The number of thioether (sulfide) groups is 1. The van der Waals surface area contributed by atoms with E-state index in [1.54, 1.807) is 12.1 Å². The van der Waals surface area contributed by atoms with E-state index in [1.165, 1.54) is 32.1 Å². The van der Waals surface area contributed by atoms with Gasteiger partial charge in [-0.15, -0.1) is 0 Å². The Morgan fingerprint density at radius 1 is 1.18 bits per heavy atom. The van der Waals surface area contributed by atoms with Crippen LogP contribution in [0.25, 0.3) is 0 Å². The zero-order chi connectivity index (χ0) is 12.1. The Bertz CT molecular complexity index is 368. The molecule has 0 atom stereocenters.